The van der Waals surface area contributed by atoms with Gasteiger partial charge in [-0.15, -0.1) is 0 Å². The maximum absolute atomic E-state index is 11.0. The number of hydrogen-bond acceptors (Lipinski definition) is 2. The summed E-state index contributed by atoms with van der Waals surface area (Å²) in [5.74, 6) is 0.331. The van der Waals surface area contributed by atoms with E-state index in [1.54, 1.807) is 0 Å². The molecule has 0 fully saturated rings. The van der Waals surface area contributed by atoms with E-state index in [1.165, 1.54) is 0 Å². The second-order valence-corrected chi connectivity index (χ2v) is 3.90. The average Bonchev–Trinajstić information content (AvgIpc) is 2.03. The zero-order valence-electron chi connectivity index (χ0n) is 8.97. The lowest BCUT2D eigenvalue weighted by Gasteiger charge is -2.16. The first-order valence-corrected chi connectivity index (χ1v) is 5.10. The van der Waals surface area contributed by atoms with Gasteiger partial charge in [0.05, 0.1) is 6.04 Å². The molecule has 0 aliphatic carbocycles. The van der Waals surface area contributed by atoms with Crippen molar-refractivity contribution < 1.29 is 4.79 Å². The van der Waals surface area contributed by atoms with E-state index in [1.807, 2.05) is 0 Å². The Kier molecular flexibility index (Phi) is 6.59. The van der Waals surface area contributed by atoms with E-state index in [2.05, 4.69) is 26.1 Å². The molecule has 0 radical (unpaired) electrons. The van der Waals surface area contributed by atoms with Gasteiger partial charge in [0.2, 0.25) is 5.91 Å². The Balaban J connectivity index is 3.74. The number of nitrogens with one attached hydrogen (secondary N) is 1. The molecular formula is C10H22N2O. The molecule has 0 heterocycles. The van der Waals surface area contributed by atoms with E-state index in [-0.39, 0.29) is 11.9 Å². The van der Waals surface area contributed by atoms with Gasteiger partial charge in [-0.05, 0) is 18.9 Å². The van der Waals surface area contributed by atoms with Crippen molar-refractivity contribution in [3.05, 3.63) is 0 Å². The summed E-state index contributed by atoms with van der Waals surface area (Å²) in [6.07, 6.45) is 3.02. The predicted molar refractivity (Wildman–Crippen MR) is 55.3 cm³/mol. The van der Waals surface area contributed by atoms with Gasteiger partial charge >= 0.3 is 0 Å². The molecule has 0 rings (SSSR count). The molecule has 3 heteroatoms. The van der Waals surface area contributed by atoms with Gasteiger partial charge in [0.25, 0.3) is 0 Å². The molecule has 0 aromatic carbocycles. The SMILES string of the molecule is CCCCC(NCC(C)C)C(N)=O. The highest BCUT2D eigenvalue weighted by Crippen LogP contribution is 2.00. The first-order chi connectivity index (χ1) is 6.07. The Labute approximate surface area is 81.1 Å². The van der Waals surface area contributed by atoms with Gasteiger partial charge in [-0.1, -0.05) is 33.6 Å². The quantitative estimate of drug-likeness (QED) is 0.629. The van der Waals surface area contributed by atoms with Crippen molar-refractivity contribution in [1.29, 1.82) is 0 Å². The van der Waals surface area contributed by atoms with E-state index in [0.29, 0.717) is 5.92 Å². The van der Waals surface area contributed by atoms with Crippen LogP contribution in [0.3, 0.4) is 0 Å². The summed E-state index contributed by atoms with van der Waals surface area (Å²) in [4.78, 5) is 11.0. The fourth-order valence-electron chi connectivity index (χ4n) is 1.13. The number of carbonyl (C=O) groups excluding carboxylic acids is 1. The zero-order valence-corrected chi connectivity index (χ0v) is 8.97. The lowest BCUT2D eigenvalue weighted by Crippen LogP contribution is -2.42. The minimum Gasteiger partial charge on any atom is -0.368 e. The smallest absolute Gasteiger partial charge is 0.234 e. The maximum Gasteiger partial charge on any atom is 0.234 e. The van der Waals surface area contributed by atoms with Crippen molar-refractivity contribution in [1.82, 2.24) is 5.32 Å². The van der Waals surface area contributed by atoms with E-state index in [9.17, 15) is 4.79 Å². The standard InChI is InChI=1S/C10H22N2O/c1-4-5-6-9(10(11)13)12-7-8(2)3/h8-9,12H,4-7H2,1-3H3,(H2,11,13). The third-order valence-corrected chi connectivity index (χ3v) is 1.96. The number of amides is 1. The molecule has 1 unspecified atom stereocenters. The zero-order chi connectivity index (χ0) is 10.3. The monoisotopic (exact) mass is 186 g/mol. The molecule has 3 N–H and O–H groups in total. The van der Waals surface area contributed by atoms with Crippen LogP contribution in [0.25, 0.3) is 0 Å². The van der Waals surface area contributed by atoms with Crippen molar-refractivity contribution in [2.45, 2.75) is 46.1 Å². The van der Waals surface area contributed by atoms with E-state index in [0.717, 1.165) is 25.8 Å². The van der Waals surface area contributed by atoms with E-state index in [4.69, 9.17) is 5.73 Å². The molecule has 0 saturated heterocycles. The van der Waals surface area contributed by atoms with Crippen LogP contribution in [-0.2, 0) is 4.79 Å². The number of hydrogen-bond donors (Lipinski definition) is 2. The lowest BCUT2D eigenvalue weighted by molar-refractivity contribution is -0.120. The molecule has 0 bridgehead atoms. The van der Waals surface area contributed by atoms with Crippen LogP contribution in [-0.4, -0.2) is 18.5 Å². The summed E-state index contributed by atoms with van der Waals surface area (Å²) in [5.41, 5.74) is 5.26. The molecule has 1 atom stereocenters. The van der Waals surface area contributed by atoms with Gasteiger partial charge in [-0.3, -0.25) is 4.79 Å². The number of unbranched alkanes of at least 4 members (excludes halogenated alkanes) is 1. The number of primary amides is 1. The average molecular weight is 186 g/mol. The third kappa shape index (κ3) is 6.58. The second-order valence-electron chi connectivity index (χ2n) is 3.90. The van der Waals surface area contributed by atoms with Crippen LogP contribution in [0, 0.1) is 5.92 Å². The van der Waals surface area contributed by atoms with Crippen LogP contribution in [0.15, 0.2) is 0 Å². The van der Waals surface area contributed by atoms with Crippen molar-refractivity contribution in [2.75, 3.05) is 6.54 Å². The molecule has 0 saturated carbocycles. The third-order valence-electron chi connectivity index (χ3n) is 1.96. The fraction of sp³-hybridized carbons (Fsp3) is 0.900. The highest BCUT2D eigenvalue weighted by atomic mass is 16.1. The van der Waals surface area contributed by atoms with Gasteiger partial charge in [-0.2, -0.15) is 0 Å². The predicted octanol–water partition coefficient (Wildman–Crippen LogP) is 1.28. The first-order valence-electron chi connectivity index (χ1n) is 5.10. The van der Waals surface area contributed by atoms with E-state index >= 15 is 0 Å². The Bertz CT molecular complexity index is 146. The molecule has 13 heavy (non-hydrogen) atoms. The summed E-state index contributed by atoms with van der Waals surface area (Å²) in [6.45, 7) is 7.20. The summed E-state index contributed by atoms with van der Waals surface area (Å²) >= 11 is 0. The van der Waals surface area contributed by atoms with Gasteiger partial charge in [0.1, 0.15) is 0 Å². The van der Waals surface area contributed by atoms with Crippen LogP contribution in [0.5, 0.6) is 0 Å². The maximum atomic E-state index is 11.0. The van der Waals surface area contributed by atoms with Crippen LogP contribution < -0.4 is 11.1 Å². The number of rotatable bonds is 7. The van der Waals surface area contributed by atoms with Crippen molar-refractivity contribution >= 4 is 5.91 Å². The summed E-state index contributed by atoms with van der Waals surface area (Å²) in [6, 6.07) is -0.137. The second kappa shape index (κ2) is 6.89. The van der Waals surface area contributed by atoms with Gasteiger partial charge in [0.15, 0.2) is 0 Å². The highest BCUT2D eigenvalue weighted by molar-refractivity contribution is 5.79. The highest BCUT2D eigenvalue weighted by Gasteiger charge is 2.13. The minimum atomic E-state index is -0.228. The Morgan fingerprint density at radius 1 is 1.46 bits per heavy atom. The summed E-state index contributed by atoms with van der Waals surface area (Å²) < 4.78 is 0. The van der Waals surface area contributed by atoms with Gasteiger partial charge in [0, 0.05) is 0 Å². The van der Waals surface area contributed by atoms with Gasteiger partial charge in [-0.25, -0.2) is 0 Å². The fourth-order valence-corrected chi connectivity index (χ4v) is 1.13. The Hall–Kier alpha value is -0.570. The molecule has 0 aromatic rings. The minimum absolute atomic E-state index is 0.137. The molecule has 0 aromatic heterocycles. The lowest BCUT2D eigenvalue weighted by atomic mass is 10.1. The van der Waals surface area contributed by atoms with Crippen LogP contribution >= 0.6 is 0 Å². The largest absolute Gasteiger partial charge is 0.368 e. The molecule has 1 amide bonds. The topological polar surface area (TPSA) is 55.1 Å². The number of carbonyl (C=O) groups is 1. The molecule has 0 spiro atoms. The van der Waals surface area contributed by atoms with Gasteiger partial charge < -0.3 is 11.1 Å². The first kappa shape index (κ1) is 12.4. The van der Waals surface area contributed by atoms with Crippen LogP contribution in [0.4, 0.5) is 0 Å². The van der Waals surface area contributed by atoms with Crippen molar-refractivity contribution in [3.63, 3.8) is 0 Å². The van der Waals surface area contributed by atoms with E-state index < -0.39 is 0 Å². The molecule has 0 aliphatic rings. The van der Waals surface area contributed by atoms with Crippen molar-refractivity contribution in [3.8, 4) is 0 Å². The molecule has 0 aliphatic heterocycles. The number of nitrogens with two attached hydrogens (primary N) is 1. The normalized spacial score (nSPS) is 13.2. The molecular weight excluding hydrogens is 164 g/mol. The van der Waals surface area contributed by atoms with Crippen LogP contribution in [0.1, 0.15) is 40.0 Å². The van der Waals surface area contributed by atoms with Crippen molar-refractivity contribution in [2.24, 2.45) is 11.7 Å². The summed E-state index contributed by atoms with van der Waals surface area (Å²) in [7, 11) is 0. The Morgan fingerprint density at radius 3 is 2.46 bits per heavy atom. The van der Waals surface area contributed by atoms with Crippen LogP contribution in [0.2, 0.25) is 0 Å². The summed E-state index contributed by atoms with van der Waals surface area (Å²) in [5, 5.41) is 3.18. The molecule has 78 valence electrons. The Morgan fingerprint density at radius 2 is 2.08 bits per heavy atom. The molecule has 3 nitrogen and oxygen atoms in total.